The predicted octanol–water partition coefficient (Wildman–Crippen LogP) is 4.96. The summed E-state index contributed by atoms with van der Waals surface area (Å²) in [6, 6.07) is 17.2. The van der Waals surface area contributed by atoms with Gasteiger partial charge in [-0.2, -0.15) is 0 Å². The largest absolute Gasteiger partial charge is 0.361 e. The maximum Gasteiger partial charge on any atom is 0.0460 e. The smallest absolute Gasteiger partial charge is 0.0460 e. The summed E-state index contributed by atoms with van der Waals surface area (Å²) in [7, 11) is 0. The van der Waals surface area contributed by atoms with E-state index in [0.717, 1.165) is 0 Å². The van der Waals surface area contributed by atoms with E-state index < -0.39 is 0 Å². The van der Waals surface area contributed by atoms with Gasteiger partial charge in [-0.15, -0.1) is 0 Å². The third-order valence-electron chi connectivity index (χ3n) is 3.46. The summed E-state index contributed by atoms with van der Waals surface area (Å²) in [6.45, 7) is 4.46. The Morgan fingerprint density at radius 3 is 2.44 bits per heavy atom. The molecule has 0 spiro atoms. The van der Waals surface area contributed by atoms with Crippen molar-refractivity contribution in [3.8, 4) is 11.1 Å². The number of aromatic amines is 1. The van der Waals surface area contributed by atoms with Crippen LogP contribution >= 0.6 is 0 Å². The van der Waals surface area contributed by atoms with Crippen molar-refractivity contribution in [2.45, 2.75) is 19.8 Å². The maximum absolute atomic E-state index is 3.35. The summed E-state index contributed by atoms with van der Waals surface area (Å²) < 4.78 is 0. The first-order chi connectivity index (χ1) is 8.75. The van der Waals surface area contributed by atoms with E-state index in [1.165, 1.54) is 27.6 Å². The summed E-state index contributed by atoms with van der Waals surface area (Å²) >= 11 is 0. The molecule has 0 saturated heterocycles. The lowest BCUT2D eigenvalue weighted by Crippen LogP contribution is -1.86. The second-order valence-corrected chi connectivity index (χ2v) is 5.03. The lowest BCUT2D eigenvalue weighted by atomic mass is 9.98. The van der Waals surface area contributed by atoms with Gasteiger partial charge in [-0.3, -0.25) is 0 Å². The van der Waals surface area contributed by atoms with Gasteiger partial charge in [-0.25, -0.2) is 0 Å². The van der Waals surface area contributed by atoms with Crippen LogP contribution in [0.25, 0.3) is 22.0 Å². The minimum Gasteiger partial charge on any atom is -0.361 e. The molecule has 0 bridgehead atoms. The van der Waals surface area contributed by atoms with Crippen LogP contribution in [0, 0.1) is 0 Å². The zero-order valence-corrected chi connectivity index (χ0v) is 10.8. The molecule has 0 radical (unpaired) electrons. The fourth-order valence-electron chi connectivity index (χ4n) is 2.35. The molecule has 0 aliphatic carbocycles. The number of nitrogens with one attached hydrogen (secondary N) is 1. The number of hydrogen-bond acceptors (Lipinski definition) is 0. The van der Waals surface area contributed by atoms with Gasteiger partial charge in [0.25, 0.3) is 0 Å². The van der Waals surface area contributed by atoms with Crippen molar-refractivity contribution in [2.75, 3.05) is 0 Å². The first-order valence-corrected chi connectivity index (χ1v) is 6.42. The van der Waals surface area contributed by atoms with Gasteiger partial charge in [0.05, 0.1) is 0 Å². The van der Waals surface area contributed by atoms with Gasteiger partial charge >= 0.3 is 0 Å². The Balaban J connectivity index is 2.21. The highest BCUT2D eigenvalue weighted by Gasteiger charge is 2.07. The van der Waals surface area contributed by atoms with Gasteiger partial charge in [-0.05, 0) is 29.2 Å². The lowest BCUT2D eigenvalue weighted by Gasteiger charge is -2.06. The Bertz CT molecular complexity index is 662. The van der Waals surface area contributed by atoms with E-state index in [9.17, 15) is 0 Å². The summed E-state index contributed by atoms with van der Waals surface area (Å²) in [6.07, 6.45) is 2.10. The zero-order valence-electron chi connectivity index (χ0n) is 10.8. The number of aromatic nitrogens is 1. The van der Waals surface area contributed by atoms with Crippen LogP contribution < -0.4 is 0 Å². The van der Waals surface area contributed by atoms with Gasteiger partial charge in [-0.1, -0.05) is 50.2 Å². The average Bonchev–Trinajstić information content (AvgIpc) is 2.82. The molecule has 0 aliphatic rings. The molecule has 0 saturated carbocycles. The van der Waals surface area contributed by atoms with E-state index in [4.69, 9.17) is 0 Å². The quantitative estimate of drug-likeness (QED) is 0.646. The van der Waals surface area contributed by atoms with E-state index in [2.05, 4.69) is 73.6 Å². The monoisotopic (exact) mass is 235 g/mol. The molecule has 1 aromatic heterocycles. The van der Waals surface area contributed by atoms with E-state index in [1.807, 2.05) is 0 Å². The van der Waals surface area contributed by atoms with Crippen molar-refractivity contribution < 1.29 is 0 Å². The first kappa shape index (κ1) is 11.1. The molecule has 1 N–H and O–H groups in total. The average molecular weight is 235 g/mol. The Morgan fingerprint density at radius 1 is 0.944 bits per heavy atom. The third-order valence-corrected chi connectivity index (χ3v) is 3.46. The maximum atomic E-state index is 3.35. The summed E-state index contributed by atoms with van der Waals surface area (Å²) in [5.74, 6) is 0.563. The standard InChI is InChI=1S/C17H17N/c1-12(2)14-8-9-17-15(10-14)16(11-18-17)13-6-4-3-5-7-13/h3-12,18H,1-2H3. The van der Waals surface area contributed by atoms with Crippen molar-refractivity contribution in [1.82, 2.24) is 4.98 Å². The minimum absolute atomic E-state index is 0.563. The molecule has 3 rings (SSSR count). The van der Waals surface area contributed by atoms with E-state index in [1.54, 1.807) is 0 Å². The van der Waals surface area contributed by atoms with E-state index >= 15 is 0 Å². The highest BCUT2D eigenvalue weighted by Crippen LogP contribution is 2.30. The molecule has 1 heterocycles. The van der Waals surface area contributed by atoms with Crippen LogP contribution in [0.3, 0.4) is 0 Å². The highest BCUT2D eigenvalue weighted by atomic mass is 14.7. The molecule has 0 atom stereocenters. The van der Waals surface area contributed by atoms with Crippen LogP contribution in [0.1, 0.15) is 25.3 Å². The Labute approximate surface area is 107 Å². The number of benzene rings is 2. The molecule has 1 heteroatoms. The third kappa shape index (κ3) is 1.82. The second-order valence-electron chi connectivity index (χ2n) is 5.03. The van der Waals surface area contributed by atoms with Crippen LogP contribution in [0.15, 0.2) is 54.7 Å². The predicted molar refractivity (Wildman–Crippen MR) is 77.8 cm³/mol. The number of H-pyrrole nitrogens is 1. The molecule has 3 aromatic rings. The van der Waals surface area contributed by atoms with Crippen LogP contribution in [0.5, 0.6) is 0 Å². The fraction of sp³-hybridized carbons (Fsp3) is 0.176. The zero-order chi connectivity index (χ0) is 12.5. The second kappa shape index (κ2) is 4.34. The van der Waals surface area contributed by atoms with Gasteiger partial charge in [0.1, 0.15) is 0 Å². The van der Waals surface area contributed by atoms with Crippen molar-refractivity contribution in [3.63, 3.8) is 0 Å². The molecule has 0 unspecified atom stereocenters. The van der Waals surface area contributed by atoms with Gasteiger partial charge in [0.2, 0.25) is 0 Å². The Kier molecular flexibility index (Phi) is 2.67. The van der Waals surface area contributed by atoms with E-state index in [-0.39, 0.29) is 0 Å². The van der Waals surface area contributed by atoms with Crippen molar-refractivity contribution in [1.29, 1.82) is 0 Å². The van der Waals surface area contributed by atoms with Crippen molar-refractivity contribution in [2.24, 2.45) is 0 Å². The fourth-order valence-corrected chi connectivity index (χ4v) is 2.35. The molecule has 2 aromatic carbocycles. The summed E-state index contributed by atoms with van der Waals surface area (Å²) in [5, 5.41) is 1.31. The van der Waals surface area contributed by atoms with Gasteiger partial charge in [0, 0.05) is 22.7 Å². The molecule has 90 valence electrons. The molecular weight excluding hydrogens is 218 g/mol. The molecule has 0 aliphatic heterocycles. The number of fused-ring (bicyclic) bond motifs is 1. The minimum atomic E-state index is 0.563. The Morgan fingerprint density at radius 2 is 1.72 bits per heavy atom. The molecular formula is C17H17N. The van der Waals surface area contributed by atoms with Crippen LogP contribution in [-0.2, 0) is 0 Å². The summed E-state index contributed by atoms with van der Waals surface area (Å²) in [5.41, 5.74) is 5.15. The first-order valence-electron chi connectivity index (χ1n) is 6.42. The number of hydrogen-bond donors (Lipinski definition) is 1. The summed E-state index contributed by atoms with van der Waals surface area (Å²) in [4.78, 5) is 3.35. The van der Waals surface area contributed by atoms with Crippen molar-refractivity contribution in [3.05, 3.63) is 60.3 Å². The molecule has 0 fully saturated rings. The van der Waals surface area contributed by atoms with Crippen LogP contribution in [-0.4, -0.2) is 4.98 Å². The molecule has 0 amide bonds. The topological polar surface area (TPSA) is 15.8 Å². The van der Waals surface area contributed by atoms with Crippen LogP contribution in [0.4, 0.5) is 0 Å². The Hall–Kier alpha value is -2.02. The van der Waals surface area contributed by atoms with Crippen molar-refractivity contribution >= 4 is 10.9 Å². The van der Waals surface area contributed by atoms with Gasteiger partial charge < -0.3 is 4.98 Å². The molecule has 1 nitrogen and oxygen atoms in total. The normalized spacial score (nSPS) is 11.3. The lowest BCUT2D eigenvalue weighted by molar-refractivity contribution is 0.869. The van der Waals surface area contributed by atoms with E-state index in [0.29, 0.717) is 5.92 Å². The molecule has 18 heavy (non-hydrogen) atoms. The van der Waals surface area contributed by atoms with Crippen LogP contribution in [0.2, 0.25) is 0 Å². The number of rotatable bonds is 2. The highest BCUT2D eigenvalue weighted by molar-refractivity contribution is 5.95. The SMILES string of the molecule is CC(C)c1ccc2[nH]cc(-c3ccccc3)c2c1. The van der Waals surface area contributed by atoms with Gasteiger partial charge in [0.15, 0.2) is 0 Å².